The van der Waals surface area contributed by atoms with Crippen LogP contribution in [0.3, 0.4) is 0 Å². The third-order valence-electron chi connectivity index (χ3n) is 6.10. The number of hydrogen-bond acceptors (Lipinski definition) is 6. The number of aryl methyl sites for hydroxylation is 2. The number of carbonyl (C=O) groups is 1. The lowest BCUT2D eigenvalue weighted by Gasteiger charge is -2.13. The van der Waals surface area contributed by atoms with Crippen molar-refractivity contribution >= 4 is 34.8 Å². The van der Waals surface area contributed by atoms with Gasteiger partial charge in [-0.25, -0.2) is 15.1 Å². The molecule has 0 bridgehead atoms. The van der Waals surface area contributed by atoms with E-state index in [1.165, 1.54) is 11.8 Å². The largest absolute Gasteiger partial charge is 0.272 e. The van der Waals surface area contributed by atoms with Gasteiger partial charge >= 0.3 is 0 Å². The molecule has 5 rings (SSSR count). The first-order chi connectivity index (χ1) is 18.4. The van der Waals surface area contributed by atoms with E-state index >= 15 is 0 Å². The Morgan fingerprint density at radius 1 is 0.947 bits per heavy atom. The number of benzene rings is 3. The molecule has 2 aromatic heterocycles. The second kappa shape index (κ2) is 10.9. The van der Waals surface area contributed by atoms with Gasteiger partial charge in [0.2, 0.25) is 0 Å². The first-order valence-corrected chi connectivity index (χ1v) is 13.1. The smallest absolute Gasteiger partial charge is 0.266 e. The Morgan fingerprint density at radius 3 is 2.42 bits per heavy atom. The molecule has 0 unspecified atom stereocenters. The summed E-state index contributed by atoms with van der Waals surface area (Å²) in [5.74, 6) is -0.273. The lowest BCUT2D eigenvalue weighted by Crippen LogP contribution is -2.24. The number of carbonyl (C=O) groups excluding carboxylic acids is 1. The normalized spacial score (nSPS) is 11.3. The standard InChI is InChI=1S/C29H26N6O2S/c1-19-13-15-22(16-14-19)34-28(37)24-11-7-8-12-26(24)31-29(34)38-18-27(36)32-30-17-25-20(2)33-35(21(25)3)23-9-5-4-6-10-23/h4-17H,18H2,1-3H3,(H,32,36). The zero-order chi connectivity index (χ0) is 26.6. The van der Waals surface area contributed by atoms with E-state index < -0.39 is 0 Å². The molecule has 5 aromatic rings. The molecule has 8 nitrogen and oxygen atoms in total. The fourth-order valence-corrected chi connectivity index (χ4v) is 4.93. The molecule has 38 heavy (non-hydrogen) atoms. The number of para-hydroxylation sites is 2. The summed E-state index contributed by atoms with van der Waals surface area (Å²) in [5.41, 5.74) is 8.29. The van der Waals surface area contributed by atoms with Gasteiger partial charge in [-0.15, -0.1) is 0 Å². The molecule has 3 aromatic carbocycles. The molecule has 1 amide bonds. The van der Waals surface area contributed by atoms with Crippen LogP contribution in [0.1, 0.15) is 22.5 Å². The average Bonchev–Trinajstić information content (AvgIpc) is 3.22. The summed E-state index contributed by atoms with van der Waals surface area (Å²) in [6, 6.07) is 24.7. The van der Waals surface area contributed by atoms with Crippen molar-refractivity contribution in [2.75, 3.05) is 5.75 Å². The summed E-state index contributed by atoms with van der Waals surface area (Å²) < 4.78 is 3.40. The fraction of sp³-hybridized carbons (Fsp3) is 0.138. The van der Waals surface area contributed by atoms with Gasteiger partial charge < -0.3 is 0 Å². The van der Waals surface area contributed by atoms with Gasteiger partial charge in [0.25, 0.3) is 11.5 Å². The number of thioether (sulfide) groups is 1. The molecule has 0 aliphatic carbocycles. The molecule has 190 valence electrons. The first kappa shape index (κ1) is 25.2. The van der Waals surface area contributed by atoms with E-state index in [0.717, 1.165) is 28.2 Å². The second-order valence-corrected chi connectivity index (χ2v) is 9.74. The SMILES string of the molecule is Cc1ccc(-n2c(SCC(=O)NN=Cc3c(C)nn(-c4ccccc4)c3C)nc3ccccc3c2=O)cc1. The number of amides is 1. The monoisotopic (exact) mass is 522 g/mol. The number of nitrogens with one attached hydrogen (secondary N) is 1. The van der Waals surface area contributed by atoms with Crippen LogP contribution in [0.2, 0.25) is 0 Å². The summed E-state index contributed by atoms with van der Waals surface area (Å²) in [4.78, 5) is 30.7. The molecule has 0 saturated heterocycles. The zero-order valence-electron chi connectivity index (χ0n) is 21.3. The number of rotatable bonds is 7. The number of nitrogens with zero attached hydrogens (tertiary/aromatic N) is 5. The van der Waals surface area contributed by atoms with Crippen molar-refractivity contribution in [3.05, 3.63) is 112 Å². The highest BCUT2D eigenvalue weighted by atomic mass is 32.2. The molecule has 0 fully saturated rings. The van der Waals surface area contributed by atoms with Gasteiger partial charge in [0, 0.05) is 5.56 Å². The Hall–Kier alpha value is -4.50. The van der Waals surface area contributed by atoms with E-state index in [-0.39, 0.29) is 17.2 Å². The third kappa shape index (κ3) is 5.14. The number of aromatic nitrogens is 4. The Morgan fingerprint density at radius 2 is 1.66 bits per heavy atom. The molecule has 0 saturated carbocycles. The molecule has 0 aliphatic rings. The predicted molar refractivity (Wildman–Crippen MR) is 152 cm³/mol. The minimum Gasteiger partial charge on any atom is -0.272 e. The van der Waals surface area contributed by atoms with Gasteiger partial charge in [-0.1, -0.05) is 59.8 Å². The van der Waals surface area contributed by atoms with E-state index in [0.29, 0.717) is 21.7 Å². The van der Waals surface area contributed by atoms with Crippen molar-refractivity contribution in [2.45, 2.75) is 25.9 Å². The number of hydrazone groups is 1. The van der Waals surface area contributed by atoms with Crippen molar-refractivity contribution in [3.63, 3.8) is 0 Å². The van der Waals surface area contributed by atoms with Gasteiger partial charge in [-0.3, -0.25) is 14.2 Å². The number of hydrogen-bond donors (Lipinski definition) is 1. The molecule has 1 N–H and O–H groups in total. The van der Waals surface area contributed by atoms with E-state index in [1.807, 2.05) is 92.2 Å². The quantitative estimate of drug-likeness (QED) is 0.144. The molecular formula is C29H26N6O2S. The highest BCUT2D eigenvalue weighted by Crippen LogP contribution is 2.22. The van der Waals surface area contributed by atoms with Crippen LogP contribution >= 0.6 is 11.8 Å². The van der Waals surface area contributed by atoms with Crippen LogP contribution in [0, 0.1) is 20.8 Å². The van der Waals surface area contributed by atoms with Crippen molar-refractivity contribution in [1.82, 2.24) is 24.8 Å². The maximum Gasteiger partial charge on any atom is 0.266 e. The van der Waals surface area contributed by atoms with Gasteiger partial charge in [-0.05, 0) is 57.2 Å². The topological polar surface area (TPSA) is 94.2 Å². The van der Waals surface area contributed by atoms with E-state index in [2.05, 4.69) is 20.6 Å². The molecule has 9 heteroatoms. The molecular weight excluding hydrogens is 496 g/mol. The van der Waals surface area contributed by atoms with Crippen LogP contribution in [-0.2, 0) is 4.79 Å². The van der Waals surface area contributed by atoms with Crippen LogP contribution in [0.4, 0.5) is 0 Å². The summed E-state index contributed by atoms with van der Waals surface area (Å²) in [5, 5.41) is 9.72. The van der Waals surface area contributed by atoms with Gasteiger partial charge in [0.05, 0.1) is 45.6 Å². The summed E-state index contributed by atoms with van der Waals surface area (Å²) in [6.07, 6.45) is 1.61. The van der Waals surface area contributed by atoms with Gasteiger partial charge in [-0.2, -0.15) is 10.2 Å². The molecule has 0 spiro atoms. The Bertz CT molecular complexity index is 1710. The lowest BCUT2D eigenvalue weighted by atomic mass is 10.2. The lowest BCUT2D eigenvalue weighted by molar-refractivity contribution is -0.118. The minimum absolute atomic E-state index is 0.0369. The summed E-state index contributed by atoms with van der Waals surface area (Å²) in [6.45, 7) is 5.85. The van der Waals surface area contributed by atoms with Gasteiger partial charge in [0.1, 0.15) is 0 Å². The van der Waals surface area contributed by atoms with Crippen molar-refractivity contribution < 1.29 is 4.79 Å². The van der Waals surface area contributed by atoms with Crippen molar-refractivity contribution in [3.8, 4) is 11.4 Å². The van der Waals surface area contributed by atoms with Crippen molar-refractivity contribution in [1.29, 1.82) is 0 Å². The van der Waals surface area contributed by atoms with Crippen LogP contribution in [0.25, 0.3) is 22.3 Å². The third-order valence-corrected chi connectivity index (χ3v) is 7.04. The molecule has 2 heterocycles. The Balaban J connectivity index is 1.34. The fourth-order valence-electron chi connectivity index (χ4n) is 4.12. The summed E-state index contributed by atoms with van der Waals surface area (Å²) >= 11 is 1.19. The minimum atomic E-state index is -0.310. The number of fused-ring (bicyclic) bond motifs is 1. The zero-order valence-corrected chi connectivity index (χ0v) is 22.1. The maximum absolute atomic E-state index is 13.4. The maximum atomic E-state index is 13.4. The predicted octanol–water partition coefficient (Wildman–Crippen LogP) is 4.74. The van der Waals surface area contributed by atoms with Crippen LogP contribution in [0.15, 0.2) is 93.9 Å². The van der Waals surface area contributed by atoms with Crippen LogP contribution in [0.5, 0.6) is 0 Å². The molecule has 0 aliphatic heterocycles. The van der Waals surface area contributed by atoms with Gasteiger partial charge in [0.15, 0.2) is 5.16 Å². The average molecular weight is 523 g/mol. The highest BCUT2D eigenvalue weighted by Gasteiger charge is 2.15. The van der Waals surface area contributed by atoms with E-state index in [9.17, 15) is 9.59 Å². The van der Waals surface area contributed by atoms with Crippen molar-refractivity contribution in [2.24, 2.45) is 5.10 Å². The Kier molecular flexibility index (Phi) is 7.19. The Labute approximate surface area is 224 Å². The first-order valence-electron chi connectivity index (χ1n) is 12.1. The molecule has 0 radical (unpaired) electrons. The van der Waals surface area contributed by atoms with E-state index in [1.54, 1.807) is 22.9 Å². The van der Waals surface area contributed by atoms with E-state index in [4.69, 9.17) is 0 Å². The summed E-state index contributed by atoms with van der Waals surface area (Å²) in [7, 11) is 0. The van der Waals surface area contributed by atoms with Crippen LogP contribution in [-0.4, -0.2) is 37.2 Å². The second-order valence-electron chi connectivity index (χ2n) is 8.80. The van der Waals surface area contributed by atoms with Crippen LogP contribution < -0.4 is 11.0 Å². The highest BCUT2D eigenvalue weighted by molar-refractivity contribution is 7.99. The molecule has 0 atom stereocenters.